The molecular formula is C22H27N5O2S. The fourth-order valence-corrected chi connectivity index (χ4v) is 5.85. The number of guanidine groups is 1. The summed E-state index contributed by atoms with van der Waals surface area (Å²) in [4.78, 5) is 13.9. The number of pyridine rings is 1. The van der Waals surface area contributed by atoms with Crippen molar-refractivity contribution in [1.82, 2.24) is 19.1 Å². The molecule has 8 heteroatoms. The van der Waals surface area contributed by atoms with Crippen LogP contribution in [0.4, 0.5) is 0 Å². The van der Waals surface area contributed by atoms with E-state index in [2.05, 4.69) is 19.8 Å². The maximum Gasteiger partial charge on any atom is 0.266 e. The zero-order valence-corrected chi connectivity index (χ0v) is 17.8. The fourth-order valence-electron chi connectivity index (χ4n) is 4.40. The van der Waals surface area contributed by atoms with E-state index in [0.717, 1.165) is 43.5 Å². The molecule has 0 N–H and O–H groups in total. The molecule has 1 saturated carbocycles. The zero-order valence-electron chi connectivity index (χ0n) is 17.0. The smallest absolute Gasteiger partial charge is 0.266 e. The summed E-state index contributed by atoms with van der Waals surface area (Å²) < 4.78 is 28.2. The molecule has 2 fully saturated rings. The predicted molar refractivity (Wildman–Crippen MR) is 117 cm³/mol. The molecule has 0 unspecified atom stereocenters. The van der Waals surface area contributed by atoms with Crippen LogP contribution in [0.25, 0.3) is 11.3 Å². The minimum Gasteiger partial charge on any atom is -0.339 e. The summed E-state index contributed by atoms with van der Waals surface area (Å²) in [6.07, 6.45) is 5.67. The number of hydrogen-bond donors (Lipinski definition) is 0. The summed E-state index contributed by atoms with van der Waals surface area (Å²) in [6, 6.07) is 13.4. The number of rotatable bonds is 4. The maximum absolute atomic E-state index is 13.4. The van der Waals surface area contributed by atoms with Crippen LogP contribution in [0.5, 0.6) is 0 Å². The van der Waals surface area contributed by atoms with E-state index in [9.17, 15) is 8.42 Å². The Labute approximate surface area is 178 Å². The Kier molecular flexibility index (Phi) is 5.20. The number of benzene rings is 1. The molecule has 5 rings (SSSR count). The van der Waals surface area contributed by atoms with E-state index >= 15 is 0 Å². The summed E-state index contributed by atoms with van der Waals surface area (Å²) in [6.45, 7) is 4.55. The third-order valence-electron chi connectivity index (χ3n) is 6.37. The largest absolute Gasteiger partial charge is 0.339 e. The second-order valence-electron chi connectivity index (χ2n) is 8.11. The predicted octanol–water partition coefficient (Wildman–Crippen LogP) is 2.28. The normalized spacial score (nSPS) is 20.9. The van der Waals surface area contributed by atoms with Crippen molar-refractivity contribution in [2.24, 2.45) is 4.99 Å². The number of piperazine rings is 1. The van der Waals surface area contributed by atoms with Crippen LogP contribution >= 0.6 is 0 Å². The standard InChI is InChI=1S/C22H27N5O2S/c28-30(29,20-9-7-18(8-10-20)21-6-1-2-11-23-21)27-13-12-24-22(27)26-16-14-25(15-17-26)19-4-3-5-19/h1-2,6-11,19H,3-5,12-17H2. The second-order valence-corrected chi connectivity index (χ2v) is 9.97. The van der Waals surface area contributed by atoms with E-state index < -0.39 is 10.0 Å². The summed E-state index contributed by atoms with van der Waals surface area (Å²) >= 11 is 0. The van der Waals surface area contributed by atoms with Gasteiger partial charge in [-0.2, -0.15) is 0 Å². The van der Waals surface area contributed by atoms with Crippen LogP contribution in [0.1, 0.15) is 19.3 Å². The van der Waals surface area contributed by atoms with Gasteiger partial charge in [0.1, 0.15) is 0 Å². The van der Waals surface area contributed by atoms with Gasteiger partial charge in [-0.1, -0.05) is 24.6 Å². The van der Waals surface area contributed by atoms with Gasteiger partial charge in [-0.25, -0.2) is 12.7 Å². The Morgan fingerprint density at radius 1 is 0.900 bits per heavy atom. The summed E-state index contributed by atoms with van der Waals surface area (Å²) in [5.41, 5.74) is 1.73. The van der Waals surface area contributed by atoms with Crippen molar-refractivity contribution in [2.75, 3.05) is 39.3 Å². The number of nitrogens with zero attached hydrogens (tertiary/aromatic N) is 5. The maximum atomic E-state index is 13.4. The van der Waals surface area contributed by atoms with E-state index in [-0.39, 0.29) is 0 Å². The summed E-state index contributed by atoms with van der Waals surface area (Å²) in [5, 5.41) is 0. The van der Waals surface area contributed by atoms with Crippen molar-refractivity contribution in [3.63, 3.8) is 0 Å². The topological polar surface area (TPSA) is 69.1 Å². The number of sulfonamides is 1. The van der Waals surface area contributed by atoms with Crippen molar-refractivity contribution in [3.05, 3.63) is 48.7 Å². The van der Waals surface area contributed by atoms with Gasteiger partial charge in [0.15, 0.2) is 0 Å². The third-order valence-corrected chi connectivity index (χ3v) is 8.16. The molecule has 0 spiro atoms. The first-order chi connectivity index (χ1) is 14.6. The van der Waals surface area contributed by atoms with Gasteiger partial charge < -0.3 is 4.90 Å². The van der Waals surface area contributed by atoms with E-state index in [0.29, 0.717) is 23.9 Å². The van der Waals surface area contributed by atoms with Crippen molar-refractivity contribution in [1.29, 1.82) is 0 Å². The molecule has 0 radical (unpaired) electrons. The van der Waals surface area contributed by atoms with Gasteiger partial charge in [0, 0.05) is 44.0 Å². The highest BCUT2D eigenvalue weighted by Crippen LogP contribution is 2.27. The van der Waals surface area contributed by atoms with E-state index in [4.69, 9.17) is 0 Å². The SMILES string of the molecule is O=S(=O)(c1ccc(-c2ccccn2)cc1)N1CCN=C1N1CCN(C2CCC2)CC1. The Balaban J connectivity index is 1.31. The first kappa shape index (κ1) is 19.5. The molecule has 1 aromatic heterocycles. The number of aromatic nitrogens is 1. The highest BCUT2D eigenvalue weighted by atomic mass is 32.2. The number of hydrogen-bond acceptors (Lipinski definition) is 6. The molecule has 1 saturated heterocycles. The van der Waals surface area contributed by atoms with Crippen LogP contribution < -0.4 is 0 Å². The van der Waals surface area contributed by atoms with Gasteiger partial charge in [-0.15, -0.1) is 0 Å². The molecule has 2 aliphatic heterocycles. The molecule has 30 heavy (non-hydrogen) atoms. The number of aliphatic imine (C=N–C) groups is 1. The van der Waals surface area contributed by atoms with Crippen LogP contribution in [-0.2, 0) is 10.0 Å². The van der Waals surface area contributed by atoms with Crippen LogP contribution in [-0.4, -0.2) is 78.8 Å². The Hall–Kier alpha value is -2.45. The Bertz CT molecular complexity index is 1010. The molecule has 0 atom stereocenters. The van der Waals surface area contributed by atoms with Crippen molar-refractivity contribution < 1.29 is 8.42 Å². The average molecular weight is 426 g/mol. The molecule has 7 nitrogen and oxygen atoms in total. The highest BCUT2D eigenvalue weighted by Gasteiger charge is 2.36. The van der Waals surface area contributed by atoms with Gasteiger partial charge in [0.05, 0.1) is 23.7 Å². The first-order valence-electron chi connectivity index (χ1n) is 10.7. The molecule has 0 bridgehead atoms. The molecule has 1 aromatic carbocycles. The first-order valence-corrected chi connectivity index (χ1v) is 12.1. The molecule has 1 aliphatic carbocycles. The van der Waals surface area contributed by atoms with Crippen LogP contribution in [0, 0.1) is 0 Å². The minimum absolute atomic E-state index is 0.296. The molecule has 158 valence electrons. The van der Waals surface area contributed by atoms with E-state index in [1.807, 2.05) is 30.3 Å². The molecule has 3 aliphatic rings. The van der Waals surface area contributed by atoms with Crippen molar-refractivity contribution in [2.45, 2.75) is 30.2 Å². The van der Waals surface area contributed by atoms with Gasteiger partial charge in [0.2, 0.25) is 5.96 Å². The van der Waals surface area contributed by atoms with Gasteiger partial charge in [-0.3, -0.25) is 14.9 Å². The van der Waals surface area contributed by atoms with E-state index in [1.54, 1.807) is 18.3 Å². The van der Waals surface area contributed by atoms with Gasteiger partial charge >= 0.3 is 0 Å². The third kappa shape index (κ3) is 3.58. The lowest BCUT2D eigenvalue weighted by Gasteiger charge is -2.44. The molecular weight excluding hydrogens is 398 g/mol. The summed E-state index contributed by atoms with van der Waals surface area (Å²) in [7, 11) is -3.63. The van der Waals surface area contributed by atoms with Gasteiger partial charge in [0.25, 0.3) is 10.0 Å². The highest BCUT2D eigenvalue weighted by molar-refractivity contribution is 7.89. The zero-order chi connectivity index (χ0) is 20.6. The van der Waals surface area contributed by atoms with Gasteiger partial charge in [-0.05, 0) is 37.1 Å². The molecule has 3 heterocycles. The van der Waals surface area contributed by atoms with Crippen molar-refractivity contribution >= 4 is 16.0 Å². The second kappa shape index (κ2) is 8.00. The Morgan fingerprint density at radius 2 is 1.67 bits per heavy atom. The monoisotopic (exact) mass is 425 g/mol. The fraction of sp³-hybridized carbons (Fsp3) is 0.455. The lowest BCUT2D eigenvalue weighted by Crippen LogP contribution is -2.56. The van der Waals surface area contributed by atoms with Crippen LogP contribution in [0.2, 0.25) is 0 Å². The quantitative estimate of drug-likeness (QED) is 0.752. The van der Waals surface area contributed by atoms with Crippen molar-refractivity contribution in [3.8, 4) is 11.3 Å². The Morgan fingerprint density at radius 3 is 2.30 bits per heavy atom. The molecule has 2 aromatic rings. The van der Waals surface area contributed by atoms with Crippen LogP contribution in [0.15, 0.2) is 58.5 Å². The van der Waals surface area contributed by atoms with Crippen LogP contribution in [0.3, 0.4) is 0 Å². The average Bonchev–Trinajstić information content (AvgIpc) is 3.25. The molecule has 0 amide bonds. The van der Waals surface area contributed by atoms with E-state index in [1.165, 1.54) is 23.6 Å². The minimum atomic E-state index is -3.63. The lowest BCUT2D eigenvalue weighted by atomic mass is 9.91. The lowest BCUT2D eigenvalue weighted by molar-refractivity contribution is 0.0833. The summed E-state index contributed by atoms with van der Waals surface area (Å²) in [5.74, 6) is 0.608.